The Morgan fingerprint density at radius 1 is 0.461 bits per heavy atom. The fraction of sp³-hybridized carbons (Fsp3) is 0.758. The number of likely N-dealkylation sites (N-methyl/N-ethyl adjacent to an activating group) is 1. The van der Waals surface area contributed by atoms with Gasteiger partial charge in [-0.25, -0.2) is 0 Å². The van der Waals surface area contributed by atoms with Crippen LogP contribution in [0, 0.1) is 0 Å². The highest BCUT2D eigenvalue weighted by Crippen LogP contribution is 2.38. The molecule has 3 atom stereocenters. The number of nitrogens with zero attached hydrogens (tertiary/aromatic N) is 1. The zero-order valence-electron chi connectivity index (χ0n) is 50.2. The lowest BCUT2D eigenvalue weighted by atomic mass is 10.0. The van der Waals surface area contributed by atoms with Crippen LogP contribution >= 0.6 is 7.82 Å². The van der Waals surface area contributed by atoms with Gasteiger partial charge in [0.05, 0.1) is 33.8 Å². The van der Waals surface area contributed by atoms with Crippen molar-refractivity contribution in [2.24, 2.45) is 0 Å². The Balaban J connectivity index is 5.20. The van der Waals surface area contributed by atoms with E-state index in [1.807, 2.05) is 39.4 Å². The molecule has 0 saturated carbocycles. The van der Waals surface area contributed by atoms with E-state index in [1.54, 1.807) is 0 Å². The second kappa shape index (κ2) is 55.5. The van der Waals surface area contributed by atoms with Gasteiger partial charge in [0.2, 0.25) is 5.91 Å². The molecule has 0 aliphatic rings. The standard InChI is InChI=1S/C66H119N2O7P/c1-7-10-13-16-19-22-25-28-29-30-31-32-33-34-35-36-37-38-39-41-44-47-50-53-56-59-66(70)75-64(57-54-51-48-45-42-27-24-21-18-15-12-9-3)63(62-74-76(71,72)73-61-60-68(4,5)6)67-65(69)58-55-52-49-46-43-40-26-23-20-17-14-11-8-2/h19,22,28-29,31-32,34-35,40,43,49,52,54,57,63-64H,7-18,20-21,23-27,30,33,36-39,41-42,44-48,50-51,53,55-56,58-62H2,1-6H3,(H-,67,69,71,72)/b22-19-,29-28-,32-31-,35-34-,43-40-,52-49+,57-54-. The zero-order valence-corrected chi connectivity index (χ0v) is 51.1. The summed E-state index contributed by atoms with van der Waals surface area (Å²) in [5, 5.41) is 2.98. The minimum absolute atomic E-state index is 0.0353. The maximum atomic E-state index is 13.5. The smallest absolute Gasteiger partial charge is 0.306 e. The fourth-order valence-corrected chi connectivity index (χ4v) is 9.40. The number of carbonyl (C=O) groups excluding carboxylic acids is 2. The first-order chi connectivity index (χ1) is 36.9. The summed E-state index contributed by atoms with van der Waals surface area (Å²) >= 11 is 0. The van der Waals surface area contributed by atoms with Gasteiger partial charge in [-0.2, -0.15) is 0 Å². The van der Waals surface area contributed by atoms with Gasteiger partial charge in [0.1, 0.15) is 19.3 Å². The predicted molar refractivity (Wildman–Crippen MR) is 325 cm³/mol. The number of hydrogen-bond donors (Lipinski definition) is 1. The number of carbonyl (C=O) groups is 2. The number of esters is 1. The Morgan fingerprint density at radius 3 is 1.25 bits per heavy atom. The van der Waals surface area contributed by atoms with Gasteiger partial charge in [-0.15, -0.1) is 0 Å². The van der Waals surface area contributed by atoms with Crippen LogP contribution in [0.1, 0.15) is 271 Å². The first-order valence-electron chi connectivity index (χ1n) is 31.4. The second-order valence-electron chi connectivity index (χ2n) is 22.2. The SMILES string of the molecule is CCCCC/C=C\C/C=C\C/C=C\C/C=C\CCCCCCCCCCCC(=O)OC(/C=C\CCCCCCCCCCCC)C(COP(=O)([O-])OCC[N+](C)(C)C)NC(=O)CC/C=C/C/C=C\CCCCCCCC. The van der Waals surface area contributed by atoms with Crippen molar-refractivity contribution in [3.63, 3.8) is 0 Å². The number of phosphoric ester groups is 1. The van der Waals surface area contributed by atoms with E-state index >= 15 is 0 Å². The van der Waals surface area contributed by atoms with E-state index < -0.39 is 26.6 Å². The number of nitrogens with one attached hydrogen (secondary N) is 1. The molecular weight excluding hydrogens is 964 g/mol. The Hall–Kier alpha value is -2.81. The molecule has 0 heterocycles. The summed E-state index contributed by atoms with van der Waals surface area (Å²) in [4.78, 5) is 39.9. The molecule has 0 bridgehead atoms. The molecule has 0 aliphatic carbocycles. The van der Waals surface area contributed by atoms with Crippen molar-refractivity contribution in [2.75, 3.05) is 40.9 Å². The van der Waals surface area contributed by atoms with E-state index in [4.69, 9.17) is 13.8 Å². The summed E-state index contributed by atoms with van der Waals surface area (Å²) in [6.07, 6.45) is 72.9. The zero-order chi connectivity index (χ0) is 55.7. The number of allylic oxidation sites excluding steroid dienone is 13. The first-order valence-corrected chi connectivity index (χ1v) is 32.9. The minimum Gasteiger partial charge on any atom is -0.756 e. The molecule has 0 aromatic heterocycles. The van der Waals surface area contributed by atoms with E-state index in [9.17, 15) is 19.0 Å². The Kier molecular flexibility index (Phi) is 53.5. The van der Waals surface area contributed by atoms with Crippen LogP contribution in [-0.2, 0) is 27.9 Å². The number of amides is 1. The molecule has 1 N–H and O–H groups in total. The Labute approximate surface area is 469 Å². The summed E-state index contributed by atoms with van der Waals surface area (Å²) in [6, 6.07) is -0.924. The van der Waals surface area contributed by atoms with Gasteiger partial charge in [-0.3, -0.25) is 14.2 Å². The third-order valence-electron chi connectivity index (χ3n) is 13.6. The molecule has 0 saturated heterocycles. The van der Waals surface area contributed by atoms with Crippen LogP contribution in [-0.4, -0.2) is 69.4 Å². The van der Waals surface area contributed by atoms with Crippen molar-refractivity contribution in [1.29, 1.82) is 0 Å². The molecule has 9 nitrogen and oxygen atoms in total. The molecule has 0 rings (SSSR count). The topological polar surface area (TPSA) is 114 Å². The average molecular weight is 1080 g/mol. The van der Waals surface area contributed by atoms with Crippen molar-refractivity contribution >= 4 is 19.7 Å². The Bertz CT molecular complexity index is 1580. The highest BCUT2D eigenvalue weighted by molar-refractivity contribution is 7.45. The van der Waals surface area contributed by atoms with E-state index in [2.05, 4.69) is 92.9 Å². The summed E-state index contributed by atoms with van der Waals surface area (Å²) in [5.41, 5.74) is 0. The number of ether oxygens (including phenoxy) is 1. The average Bonchev–Trinajstić information content (AvgIpc) is 3.38. The van der Waals surface area contributed by atoms with Crippen molar-refractivity contribution in [2.45, 2.75) is 283 Å². The van der Waals surface area contributed by atoms with Crippen molar-refractivity contribution in [1.82, 2.24) is 5.32 Å². The lowest BCUT2D eigenvalue weighted by molar-refractivity contribution is -0.870. The molecule has 10 heteroatoms. The molecule has 0 aromatic rings. The van der Waals surface area contributed by atoms with E-state index in [0.29, 0.717) is 23.9 Å². The van der Waals surface area contributed by atoms with Gasteiger partial charge in [0, 0.05) is 12.8 Å². The van der Waals surface area contributed by atoms with Crippen LogP contribution in [0.15, 0.2) is 85.1 Å². The molecule has 3 unspecified atom stereocenters. The molecule has 0 spiro atoms. The summed E-state index contributed by atoms with van der Waals surface area (Å²) in [7, 11) is 1.14. The molecule has 440 valence electrons. The number of unbranched alkanes of at least 4 members (excludes halogenated alkanes) is 28. The van der Waals surface area contributed by atoms with Gasteiger partial charge in [-0.05, 0) is 96.0 Å². The molecule has 0 fully saturated rings. The number of hydrogen-bond acceptors (Lipinski definition) is 7. The quantitative estimate of drug-likeness (QED) is 0.0212. The molecule has 0 aromatic carbocycles. The largest absolute Gasteiger partial charge is 0.756 e. The first kappa shape index (κ1) is 73.2. The van der Waals surface area contributed by atoms with Gasteiger partial charge >= 0.3 is 5.97 Å². The molecule has 1 amide bonds. The third-order valence-corrected chi connectivity index (χ3v) is 14.5. The second-order valence-corrected chi connectivity index (χ2v) is 23.6. The summed E-state index contributed by atoms with van der Waals surface area (Å²) in [5.74, 6) is -0.627. The third kappa shape index (κ3) is 55.9. The number of rotatable bonds is 56. The lowest BCUT2D eigenvalue weighted by Gasteiger charge is -2.30. The van der Waals surface area contributed by atoms with Crippen LogP contribution in [0.5, 0.6) is 0 Å². The lowest BCUT2D eigenvalue weighted by Crippen LogP contribution is -2.47. The molecular formula is C66H119N2O7P. The number of phosphoric acid groups is 1. The van der Waals surface area contributed by atoms with Crippen molar-refractivity contribution < 1.29 is 37.3 Å². The van der Waals surface area contributed by atoms with Crippen molar-refractivity contribution in [3.8, 4) is 0 Å². The van der Waals surface area contributed by atoms with Crippen LogP contribution in [0.25, 0.3) is 0 Å². The monoisotopic (exact) mass is 1080 g/mol. The molecule has 0 radical (unpaired) electrons. The van der Waals surface area contributed by atoms with E-state index in [1.165, 1.54) is 148 Å². The predicted octanol–water partition coefficient (Wildman–Crippen LogP) is 18.8. The summed E-state index contributed by atoms with van der Waals surface area (Å²) < 4.78 is 30.2. The van der Waals surface area contributed by atoms with Crippen LogP contribution < -0.4 is 10.2 Å². The maximum Gasteiger partial charge on any atom is 0.306 e. The van der Waals surface area contributed by atoms with E-state index in [-0.39, 0.29) is 31.3 Å². The van der Waals surface area contributed by atoms with Gasteiger partial charge in [0.15, 0.2) is 0 Å². The molecule has 0 aliphatic heterocycles. The van der Waals surface area contributed by atoms with E-state index in [0.717, 1.165) is 77.0 Å². The normalized spacial score (nSPS) is 14.2. The fourth-order valence-electron chi connectivity index (χ4n) is 8.67. The highest BCUT2D eigenvalue weighted by Gasteiger charge is 2.27. The maximum absolute atomic E-state index is 13.5. The van der Waals surface area contributed by atoms with Crippen LogP contribution in [0.2, 0.25) is 0 Å². The van der Waals surface area contributed by atoms with Gasteiger partial charge in [0.25, 0.3) is 7.82 Å². The van der Waals surface area contributed by atoms with Crippen molar-refractivity contribution in [3.05, 3.63) is 85.1 Å². The van der Waals surface area contributed by atoms with Crippen LogP contribution in [0.4, 0.5) is 0 Å². The summed E-state index contributed by atoms with van der Waals surface area (Å²) in [6.45, 7) is 6.75. The highest BCUT2D eigenvalue weighted by atomic mass is 31.2. The molecule has 76 heavy (non-hydrogen) atoms. The Morgan fingerprint density at radius 2 is 0.816 bits per heavy atom. The van der Waals surface area contributed by atoms with Gasteiger partial charge < -0.3 is 28.5 Å². The van der Waals surface area contributed by atoms with Crippen LogP contribution in [0.3, 0.4) is 0 Å². The van der Waals surface area contributed by atoms with Gasteiger partial charge in [-0.1, -0.05) is 247 Å². The minimum atomic E-state index is -4.71. The number of quaternary nitrogens is 1.